The molecule has 7 nitrogen and oxygen atoms in total. The molecule has 9 heteroatoms. The van der Waals surface area contributed by atoms with Crippen LogP contribution in [0, 0.1) is 5.82 Å². The topological polar surface area (TPSA) is 93.1 Å². The molecule has 2 aromatic rings. The summed E-state index contributed by atoms with van der Waals surface area (Å²) in [6.45, 7) is 1.69. The molecular weight excluding hydrogens is 413 g/mol. The summed E-state index contributed by atoms with van der Waals surface area (Å²) in [5, 5.41) is 8.55. The number of imide groups is 1. The van der Waals surface area contributed by atoms with Gasteiger partial charge in [0.25, 0.3) is 11.1 Å². The standard InChI is InChI=1S/C21H18FNO6S/c1-3-15(20(25)26)29-16-9-8-12(10-17(16)28-2)11-18-19(24)23(21(27)30-18)14-7-5-4-6-13(14)22/h4-11,15H,3H2,1-2H3,(H,25,26)/b18-11+. The summed E-state index contributed by atoms with van der Waals surface area (Å²) in [7, 11) is 1.40. The van der Waals surface area contributed by atoms with Crippen LogP contribution in [0.4, 0.5) is 14.9 Å². The molecule has 2 aromatic carbocycles. The summed E-state index contributed by atoms with van der Waals surface area (Å²) < 4.78 is 24.8. The van der Waals surface area contributed by atoms with Gasteiger partial charge in [0.2, 0.25) is 0 Å². The first kappa shape index (κ1) is 21.4. The second kappa shape index (κ2) is 9.00. The highest BCUT2D eigenvalue weighted by Crippen LogP contribution is 2.38. The van der Waals surface area contributed by atoms with E-state index >= 15 is 0 Å². The fraction of sp³-hybridized carbons (Fsp3) is 0.190. The second-order valence-corrected chi connectivity index (χ2v) is 7.22. The minimum atomic E-state index is -1.09. The molecule has 1 saturated heterocycles. The van der Waals surface area contributed by atoms with Crippen LogP contribution < -0.4 is 14.4 Å². The first-order chi connectivity index (χ1) is 14.3. The number of carboxylic acids is 1. The van der Waals surface area contributed by atoms with Crippen molar-refractivity contribution in [2.45, 2.75) is 19.4 Å². The summed E-state index contributed by atoms with van der Waals surface area (Å²) in [6.07, 6.45) is 0.720. The van der Waals surface area contributed by atoms with Crippen molar-refractivity contribution in [3.63, 3.8) is 0 Å². The molecule has 3 rings (SSSR count). The lowest BCUT2D eigenvalue weighted by Gasteiger charge is -2.16. The monoisotopic (exact) mass is 431 g/mol. The van der Waals surface area contributed by atoms with Crippen LogP contribution in [0.2, 0.25) is 0 Å². The normalized spacial score (nSPS) is 16.1. The maximum absolute atomic E-state index is 14.0. The van der Waals surface area contributed by atoms with Crippen LogP contribution in [0.25, 0.3) is 6.08 Å². The van der Waals surface area contributed by atoms with Crippen LogP contribution in [0.15, 0.2) is 47.4 Å². The van der Waals surface area contributed by atoms with Crippen LogP contribution in [-0.2, 0) is 9.59 Å². The smallest absolute Gasteiger partial charge is 0.344 e. The minimum absolute atomic E-state index is 0.107. The number of hydrogen-bond donors (Lipinski definition) is 1. The number of nitrogens with zero attached hydrogens (tertiary/aromatic N) is 1. The van der Waals surface area contributed by atoms with E-state index in [9.17, 15) is 18.8 Å². The molecule has 1 heterocycles. The van der Waals surface area contributed by atoms with E-state index in [1.165, 1.54) is 43.5 Å². The van der Waals surface area contributed by atoms with Gasteiger partial charge in [-0.25, -0.2) is 14.1 Å². The van der Waals surface area contributed by atoms with Gasteiger partial charge in [0.15, 0.2) is 17.6 Å². The number of carbonyl (C=O) groups excluding carboxylic acids is 2. The molecule has 2 amide bonds. The molecule has 1 fully saturated rings. The summed E-state index contributed by atoms with van der Waals surface area (Å²) in [6, 6.07) is 10.2. The van der Waals surface area contributed by atoms with Crippen LogP contribution in [0.5, 0.6) is 11.5 Å². The Morgan fingerprint density at radius 3 is 2.60 bits per heavy atom. The zero-order valence-electron chi connectivity index (χ0n) is 16.1. The lowest BCUT2D eigenvalue weighted by molar-refractivity contribution is -0.145. The molecular formula is C21H18FNO6S. The Morgan fingerprint density at radius 1 is 1.23 bits per heavy atom. The Bertz CT molecular complexity index is 1040. The van der Waals surface area contributed by atoms with E-state index in [1.807, 2.05) is 0 Å². The Labute approximate surface area is 176 Å². The van der Waals surface area contributed by atoms with E-state index < -0.39 is 29.0 Å². The van der Waals surface area contributed by atoms with E-state index in [1.54, 1.807) is 19.1 Å². The highest BCUT2D eigenvalue weighted by atomic mass is 32.2. The van der Waals surface area contributed by atoms with E-state index in [-0.39, 0.29) is 28.5 Å². The molecule has 0 bridgehead atoms. The van der Waals surface area contributed by atoms with Crippen molar-refractivity contribution in [3.05, 3.63) is 58.8 Å². The molecule has 30 heavy (non-hydrogen) atoms. The second-order valence-electron chi connectivity index (χ2n) is 6.23. The largest absolute Gasteiger partial charge is 0.493 e. The summed E-state index contributed by atoms with van der Waals surface area (Å²) in [4.78, 5) is 37.1. The van der Waals surface area contributed by atoms with E-state index in [0.717, 1.165) is 4.90 Å². The van der Waals surface area contributed by atoms with Crippen molar-refractivity contribution >= 4 is 40.6 Å². The molecule has 1 unspecified atom stereocenters. The fourth-order valence-corrected chi connectivity index (χ4v) is 3.63. The molecule has 1 N–H and O–H groups in total. The highest BCUT2D eigenvalue weighted by Gasteiger charge is 2.37. The number of amides is 2. The van der Waals surface area contributed by atoms with Crippen LogP contribution in [0.1, 0.15) is 18.9 Å². The minimum Gasteiger partial charge on any atom is -0.493 e. The van der Waals surface area contributed by atoms with Gasteiger partial charge < -0.3 is 14.6 Å². The fourth-order valence-electron chi connectivity index (χ4n) is 2.79. The lowest BCUT2D eigenvalue weighted by atomic mass is 10.1. The Kier molecular flexibility index (Phi) is 6.41. The average molecular weight is 431 g/mol. The van der Waals surface area contributed by atoms with Gasteiger partial charge in [-0.3, -0.25) is 9.59 Å². The third-order valence-electron chi connectivity index (χ3n) is 4.29. The van der Waals surface area contributed by atoms with E-state index in [2.05, 4.69) is 0 Å². The number of ether oxygens (including phenoxy) is 2. The number of para-hydroxylation sites is 1. The van der Waals surface area contributed by atoms with Crippen molar-refractivity contribution in [2.75, 3.05) is 12.0 Å². The van der Waals surface area contributed by atoms with Gasteiger partial charge in [-0.1, -0.05) is 25.1 Å². The quantitative estimate of drug-likeness (QED) is 0.653. The molecule has 1 aliphatic heterocycles. The number of aliphatic carboxylic acids is 1. The Balaban J connectivity index is 1.88. The molecule has 1 atom stereocenters. The molecule has 0 saturated carbocycles. The van der Waals surface area contributed by atoms with Gasteiger partial charge in [-0.15, -0.1) is 0 Å². The van der Waals surface area contributed by atoms with Gasteiger partial charge in [-0.05, 0) is 54.1 Å². The van der Waals surface area contributed by atoms with Gasteiger partial charge in [0.05, 0.1) is 17.7 Å². The maximum Gasteiger partial charge on any atom is 0.344 e. The first-order valence-corrected chi connectivity index (χ1v) is 9.77. The third-order valence-corrected chi connectivity index (χ3v) is 5.16. The van der Waals surface area contributed by atoms with E-state index in [4.69, 9.17) is 14.6 Å². The summed E-state index contributed by atoms with van der Waals surface area (Å²) >= 11 is 0.698. The van der Waals surface area contributed by atoms with Crippen molar-refractivity contribution < 1.29 is 33.4 Å². The molecule has 0 aromatic heterocycles. The molecule has 0 aliphatic carbocycles. The number of halogens is 1. The maximum atomic E-state index is 14.0. The number of carbonyl (C=O) groups is 3. The zero-order chi connectivity index (χ0) is 21.8. The molecule has 0 radical (unpaired) electrons. The summed E-state index contributed by atoms with van der Waals surface area (Å²) in [5.41, 5.74) is 0.422. The van der Waals surface area contributed by atoms with Crippen molar-refractivity contribution in [3.8, 4) is 11.5 Å². The van der Waals surface area contributed by atoms with Crippen LogP contribution >= 0.6 is 11.8 Å². The van der Waals surface area contributed by atoms with Crippen molar-refractivity contribution in [1.82, 2.24) is 0 Å². The number of thioether (sulfide) groups is 1. The average Bonchev–Trinajstić information content (AvgIpc) is 3.00. The number of carboxylic acid groups (broad SMARTS) is 1. The van der Waals surface area contributed by atoms with Gasteiger partial charge in [0, 0.05) is 0 Å². The molecule has 1 aliphatic rings. The highest BCUT2D eigenvalue weighted by molar-refractivity contribution is 8.19. The lowest BCUT2D eigenvalue weighted by Crippen LogP contribution is -2.28. The van der Waals surface area contributed by atoms with Crippen LogP contribution in [0.3, 0.4) is 0 Å². The summed E-state index contributed by atoms with van der Waals surface area (Å²) in [5.74, 6) is -1.88. The number of rotatable bonds is 7. The number of methoxy groups -OCH3 is 1. The molecule has 156 valence electrons. The predicted molar refractivity (Wildman–Crippen MR) is 110 cm³/mol. The number of hydrogen-bond acceptors (Lipinski definition) is 6. The van der Waals surface area contributed by atoms with Gasteiger partial charge in [0.1, 0.15) is 5.82 Å². The predicted octanol–water partition coefficient (Wildman–Crippen LogP) is 4.32. The third kappa shape index (κ3) is 4.30. The SMILES string of the molecule is CCC(Oc1ccc(/C=C2/SC(=O)N(c3ccccc3F)C2=O)cc1OC)C(=O)O. The first-order valence-electron chi connectivity index (χ1n) is 8.95. The number of anilines is 1. The number of benzene rings is 2. The van der Waals surface area contributed by atoms with Crippen molar-refractivity contribution in [2.24, 2.45) is 0 Å². The van der Waals surface area contributed by atoms with Crippen molar-refractivity contribution in [1.29, 1.82) is 0 Å². The van der Waals surface area contributed by atoms with Crippen LogP contribution in [-0.4, -0.2) is 35.4 Å². The molecule has 0 spiro atoms. The Morgan fingerprint density at radius 2 is 1.97 bits per heavy atom. The zero-order valence-corrected chi connectivity index (χ0v) is 16.9. The van der Waals surface area contributed by atoms with Gasteiger partial charge >= 0.3 is 5.97 Å². The van der Waals surface area contributed by atoms with Gasteiger partial charge in [-0.2, -0.15) is 0 Å². The Hall–Kier alpha value is -3.33. The van der Waals surface area contributed by atoms with E-state index in [0.29, 0.717) is 17.3 Å².